The van der Waals surface area contributed by atoms with Gasteiger partial charge in [-0.05, 0) is 37.1 Å². The first kappa shape index (κ1) is 10.9. The van der Waals surface area contributed by atoms with Crippen LogP contribution >= 0.6 is 11.6 Å². The molecule has 2 aromatic rings. The van der Waals surface area contributed by atoms with Crippen LogP contribution in [0.3, 0.4) is 0 Å². The van der Waals surface area contributed by atoms with Gasteiger partial charge in [0, 0.05) is 11.8 Å². The highest BCUT2D eigenvalue weighted by atomic mass is 35.5. The number of ether oxygens (including phenoxy) is 1. The monoisotopic (exact) mass is 234 g/mol. The second-order valence-electron chi connectivity index (χ2n) is 3.48. The van der Waals surface area contributed by atoms with Crippen molar-refractivity contribution in [1.29, 1.82) is 0 Å². The summed E-state index contributed by atoms with van der Waals surface area (Å²) in [5.74, 6) is 1.24. The summed E-state index contributed by atoms with van der Waals surface area (Å²) in [5.41, 5.74) is 1.83. The second-order valence-corrected chi connectivity index (χ2v) is 3.82. The van der Waals surface area contributed by atoms with Gasteiger partial charge in [0.05, 0.1) is 0 Å². The van der Waals surface area contributed by atoms with E-state index in [9.17, 15) is 0 Å². The largest absolute Gasteiger partial charge is 0.439 e. The number of rotatable bonds is 2. The molecule has 0 spiro atoms. The van der Waals surface area contributed by atoms with Crippen molar-refractivity contribution in [3.63, 3.8) is 0 Å². The van der Waals surface area contributed by atoms with Gasteiger partial charge in [0.25, 0.3) is 0 Å². The molecule has 0 bridgehead atoms. The number of aromatic nitrogens is 2. The van der Waals surface area contributed by atoms with Crippen LogP contribution in [0.1, 0.15) is 11.3 Å². The summed E-state index contributed by atoms with van der Waals surface area (Å²) in [6.07, 6.45) is 0. The zero-order valence-corrected chi connectivity index (χ0v) is 9.82. The lowest BCUT2D eigenvalue weighted by molar-refractivity contribution is 0.457. The van der Waals surface area contributed by atoms with Crippen molar-refractivity contribution in [3.05, 3.63) is 46.9 Å². The van der Waals surface area contributed by atoms with Crippen LogP contribution in [0.5, 0.6) is 11.6 Å². The van der Waals surface area contributed by atoms with Crippen molar-refractivity contribution in [3.8, 4) is 11.6 Å². The highest BCUT2D eigenvalue weighted by Crippen LogP contribution is 2.23. The molecule has 0 aliphatic carbocycles. The molecule has 2 rings (SSSR count). The van der Waals surface area contributed by atoms with Gasteiger partial charge < -0.3 is 4.74 Å². The maximum Gasteiger partial charge on any atom is 0.225 e. The molecule has 4 heteroatoms. The topological polar surface area (TPSA) is 35.0 Å². The molecule has 1 aromatic carbocycles. The summed E-state index contributed by atoms with van der Waals surface area (Å²) >= 11 is 5.75. The van der Waals surface area contributed by atoms with Crippen LogP contribution in [0.25, 0.3) is 0 Å². The normalized spacial score (nSPS) is 10.2. The van der Waals surface area contributed by atoms with Crippen LogP contribution < -0.4 is 4.74 Å². The summed E-state index contributed by atoms with van der Waals surface area (Å²) in [7, 11) is 0. The van der Waals surface area contributed by atoms with Gasteiger partial charge >= 0.3 is 0 Å². The maximum absolute atomic E-state index is 5.75. The zero-order valence-electron chi connectivity index (χ0n) is 9.07. The SMILES string of the molecule is Cc1cc(Oc2ccccc2C)nc(Cl)n1. The van der Waals surface area contributed by atoms with Crippen LogP contribution in [0.4, 0.5) is 0 Å². The third kappa shape index (κ3) is 2.49. The maximum atomic E-state index is 5.75. The van der Waals surface area contributed by atoms with E-state index >= 15 is 0 Å². The molecule has 0 aliphatic rings. The number of hydrogen-bond donors (Lipinski definition) is 0. The van der Waals surface area contributed by atoms with Crippen molar-refractivity contribution in [1.82, 2.24) is 9.97 Å². The molecular formula is C12H11ClN2O. The predicted molar refractivity (Wildman–Crippen MR) is 63.0 cm³/mol. The predicted octanol–water partition coefficient (Wildman–Crippen LogP) is 3.54. The summed E-state index contributed by atoms with van der Waals surface area (Å²) in [6.45, 7) is 3.82. The van der Waals surface area contributed by atoms with E-state index in [1.54, 1.807) is 6.07 Å². The van der Waals surface area contributed by atoms with Crippen molar-refractivity contribution >= 4 is 11.6 Å². The van der Waals surface area contributed by atoms with Crippen LogP contribution in [0, 0.1) is 13.8 Å². The Kier molecular flexibility index (Phi) is 3.06. The minimum atomic E-state index is 0.198. The van der Waals surface area contributed by atoms with Crippen LogP contribution in [-0.2, 0) is 0 Å². The Morgan fingerprint density at radius 3 is 2.56 bits per heavy atom. The number of benzene rings is 1. The average Bonchev–Trinajstić information content (AvgIpc) is 2.20. The summed E-state index contributed by atoms with van der Waals surface area (Å²) in [6, 6.07) is 9.49. The molecule has 3 nitrogen and oxygen atoms in total. The molecule has 0 atom stereocenters. The van der Waals surface area contributed by atoms with Gasteiger partial charge in [-0.1, -0.05) is 18.2 Å². The molecule has 82 valence electrons. The highest BCUT2D eigenvalue weighted by Gasteiger charge is 2.04. The third-order valence-electron chi connectivity index (χ3n) is 2.11. The standard InChI is InChI=1S/C12H11ClN2O/c1-8-5-3-4-6-10(8)16-11-7-9(2)14-12(13)15-11/h3-7H,1-2H3. The van der Waals surface area contributed by atoms with Gasteiger partial charge in [0.1, 0.15) is 5.75 Å². The molecule has 0 unspecified atom stereocenters. The van der Waals surface area contributed by atoms with Crippen LogP contribution in [-0.4, -0.2) is 9.97 Å². The minimum absolute atomic E-state index is 0.198. The van der Waals surface area contributed by atoms with Crippen molar-refractivity contribution in [2.45, 2.75) is 13.8 Å². The average molecular weight is 235 g/mol. The molecule has 0 N–H and O–H groups in total. The lowest BCUT2D eigenvalue weighted by Gasteiger charge is -2.07. The third-order valence-corrected chi connectivity index (χ3v) is 2.28. The number of halogens is 1. The molecular weight excluding hydrogens is 224 g/mol. The molecule has 0 fully saturated rings. The summed E-state index contributed by atoms with van der Waals surface area (Å²) in [4.78, 5) is 7.98. The highest BCUT2D eigenvalue weighted by molar-refractivity contribution is 6.28. The molecule has 0 saturated heterocycles. The lowest BCUT2D eigenvalue weighted by atomic mass is 10.2. The quantitative estimate of drug-likeness (QED) is 0.746. The lowest BCUT2D eigenvalue weighted by Crippen LogP contribution is -1.93. The fourth-order valence-electron chi connectivity index (χ4n) is 1.34. The van der Waals surface area contributed by atoms with E-state index in [4.69, 9.17) is 16.3 Å². The Morgan fingerprint density at radius 2 is 1.88 bits per heavy atom. The van der Waals surface area contributed by atoms with Crippen molar-refractivity contribution in [2.24, 2.45) is 0 Å². The van der Waals surface area contributed by atoms with Gasteiger partial charge in [0.2, 0.25) is 11.2 Å². The first-order chi connectivity index (χ1) is 7.65. The van der Waals surface area contributed by atoms with Crippen molar-refractivity contribution < 1.29 is 4.74 Å². The van der Waals surface area contributed by atoms with Gasteiger partial charge in [-0.25, -0.2) is 4.98 Å². The number of hydrogen-bond acceptors (Lipinski definition) is 3. The van der Waals surface area contributed by atoms with E-state index in [1.165, 1.54) is 0 Å². The van der Waals surface area contributed by atoms with Gasteiger partial charge in [-0.15, -0.1) is 0 Å². The van der Waals surface area contributed by atoms with Gasteiger partial charge in [-0.2, -0.15) is 4.98 Å². The summed E-state index contributed by atoms with van der Waals surface area (Å²) < 4.78 is 5.64. The molecule has 0 amide bonds. The molecule has 0 radical (unpaired) electrons. The first-order valence-corrected chi connectivity index (χ1v) is 5.27. The van der Waals surface area contributed by atoms with Crippen molar-refractivity contribution in [2.75, 3.05) is 0 Å². The van der Waals surface area contributed by atoms with Gasteiger partial charge in [-0.3, -0.25) is 0 Å². The number of para-hydroxylation sites is 1. The number of nitrogens with zero attached hydrogens (tertiary/aromatic N) is 2. The van der Waals surface area contributed by atoms with Gasteiger partial charge in [0.15, 0.2) is 0 Å². The fourth-order valence-corrected chi connectivity index (χ4v) is 1.56. The first-order valence-electron chi connectivity index (χ1n) is 4.90. The minimum Gasteiger partial charge on any atom is -0.439 e. The summed E-state index contributed by atoms with van der Waals surface area (Å²) in [5, 5.41) is 0.198. The van der Waals surface area contributed by atoms with E-state index in [-0.39, 0.29) is 5.28 Å². The van der Waals surface area contributed by atoms with E-state index in [0.717, 1.165) is 17.0 Å². The fraction of sp³-hybridized carbons (Fsp3) is 0.167. The Morgan fingerprint density at radius 1 is 1.12 bits per heavy atom. The number of aryl methyl sites for hydroxylation is 2. The van der Waals surface area contributed by atoms with Crippen LogP contribution in [0.2, 0.25) is 5.28 Å². The molecule has 1 aromatic heterocycles. The Labute approximate surface area is 99.1 Å². The van der Waals surface area contributed by atoms with Crippen LogP contribution in [0.15, 0.2) is 30.3 Å². The Bertz CT molecular complexity index is 494. The molecule has 0 aliphatic heterocycles. The Hall–Kier alpha value is -1.61. The zero-order chi connectivity index (χ0) is 11.5. The van der Waals surface area contributed by atoms with E-state index < -0.39 is 0 Å². The van der Waals surface area contributed by atoms with E-state index in [1.807, 2.05) is 38.1 Å². The smallest absolute Gasteiger partial charge is 0.225 e. The molecule has 1 heterocycles. The van der Waals surface area contributed by atoms with E-state index in [2.05, 4.69) is 9.97 Å². The Balaban J connectivity index is 2.30. The molecule has 16 heavy (non-hydrogen) atoms. The second kappa shape index (κ2) is 4.49. The molecule has 0 saturated carbocycles. The van der Waals surface area contributed by atoms with E-state index in [0.29, 0.717) is 5.88 Å².